The number of anilines is 1. The number of nitrogens with zero attached hydrogens (tertiary/aromatic N) is 3. The van der Waals surface area contributed by atoms with E-state index in [0.717, 1.165) is 5.56 Å². The monoisotopic (exact) mass is 231 g/mol. The molecule has 1 amide bonds. The lowest BCUT2D eigenvalue weighted by atomic mass is 10.2. The van der Waals surface area contributed by atoms with Crippen LogP contribution in [0.15, 0.2) is 12.3 Å². The lowest BCUT2D eigenvalue weighted by molar-refractivity contribution is 0.102. The summed E-state index contributed by atoms with van der Waals surface area (Å²) in [7, 11) is 0. The van der Waals surface area contributed by atoms with Crippen molar-refractivity contribution in [2.24, 2.45) is 0 Å². The van der Waals surface area contributed by atoms with E-state index in [0.29, 0.717) is 22.8 Å². The van der Waals surface area contributed by atoms with Crippen LogP contribution in [0.2, 0.25) is 0 Å². The van der Waals surface area contributed by atoms with Crippen molar-refractivity contribution in [2.75, 3.05) is 5.32 Å². The Labute approximate surface area is 98.5 Å². The van der Waals surface area contributed by atoms with E-state index in [-0.39, 0.29) is 5.91 Å². The molecular weight excluding hydrogens is 218 g/mol. The van der Waals surface area contributed by atoms with E-state index < -0.39 is 0 Å². The third-order valence-corrected chi connectivity index (χ3v) is 2.41. The molecule has 0 unspecified atom stereocenters. The van der Waals surface area contributed by atoms with Gasteiger partial charge in [-0.3, -0.25) is 9.89 Å². The number of aromatic nitrogens is 4. The normalized spacial score (nSPS) is 10.3. The Bertz CT molecular complexity index is 561. The van der Waals surface area contributed by atoms with E-state index >= 15 is 0 Å². The molecule has 0 aliphatic carbocycles. The van der Waals surface area contributed by atoms with Crippen molar-refractivity contribution in [2.45, 2.75) is 20.8 Å². The molecule has 0 fully saturated rings. The highest BCUT2D eigenvalue weighted by Gasteiger charge is 2.12. The molecule has 2 heterocycles. The Hall–Kier alpha value is -2.24. The maximum absolute atomic E-state index is 12.0. The van der Waals surface area contributed by atoms with E-state index in [1.54, 1.807) is 26.1 Å². The summed E-state index contributed by atoms with van der Waals surface area (Å²) >= 11 is 0. The van der Waals surface area contributed by atoms with Crippen LogP contribution in [0.1, 0.15) is 27.3 Å². The molecule has 2 rings (SSSR count). The second-order valence-corrected chi connectivity index (χ2v) is 3.87. The summed E-state index contributed by atoms with van der Waals surface area (Å²) in [6.07, 6.45) is 1.65. The summed E-state index contributed by atoms with van der Waals surface area (Å²) < 4.78 is 0. The van der Waals surface area contributed by atoms with Crippen LogP contribution < -0.4 is 5.32 Å². The molecule has 0 saturated heterocycles. The zero-order valence-corrected chi connectivity index (χ0v) is 9.90. The molecule has 17 heavy (non-hydrogen) atoms. The highest BCUT2D eigenvalue weighted by molar-refractivity contribution is 6.04. The van der Waals surface area contributed by atoms with Crippen LogP contribution in [-0.4, -0.2) is 26.3 Å². The Morgan fingerprint density at radius 3 is 2.71 bits per heavy atom. The number of rotatable bonds is 2. The number of hydrogen-bond donors (Lipinski definition) is 2. The molecule has 0 bridgehead atoms. The van der Waals surface area contributed by atoms with Crippen molar-refractivity contribution < 1.29 is 4.79 Å². The molecular formula is C11H13N5O. The third-order valence-electron chi connectivity index (χ3n) is 2.41. The van der Waals surface area contributed by atoms with E-state index in [9.17, 15) is 4.79 Å². The minimum atomic E-state index is -0.215. The molecule has 2 aromatic rings. The summed E-state index contributed by atoms with van der Waals surface area (Å²) in [5.74, 6) is 0.386. The van der Waals surface area contributed by atoms with Gasteiger partial charge in [-0.25, -0.2) is 0 Å². The van der Waals surface area contributed by atoms with E-state index in [2.05, 4.69) is 25.7 Å². The minimum Gasteiger partial charge on any atom is -0.307 e. The number of carbonyl (C=O) groups is 1. The van der Waals surface area contributed by atoms with Crippen molar-refractivity contribution >= 4 is 11.7 Å². The van der Waals surface area contributed by atoms with Gasteiger partial charge in [0.1, 0.15) is 5.82 Å². The maximum atomic E-state index is 12.0. The number of aryl methyl sites for hydroxylation is 3. The van der Waals surface area contributed by atoms with E-state index in [4.69, 9.17) is 0 Å². The zero-order valence-electron chi connectivity index (χ0n) is 9.90. The smallest absolute Gasteiger partial charge is 0.258 e. The Balaban J connectivity index is 2.26. The number of hydrogen-bond acceptors (Lipinski definition) is 4. The van der Waals surface area contributed by atoms with Crippen LogP contribution in [-0.2, 0) is 0 Å². The number of nitrogens with one attached hydrogen (secondary N) is 2. The Morgan fingerprint density at radius 1 is 1.29 bits per heavy atom. The van der Waals surface area contributed by atoms with Gasteiger partial charge in [-0.05, 0) is 26.8 Å². The molecule has 0 radical (unpaired) electrons. The van der Waals surface area contributed by atoms with Crippen LogP contribution >= 0.6 is 0 Å². The molecule has 6 nitrogen and oxygen atoms in total. The van der Waals surface area contributed by atoms with Crippen molar-refractivity contribution in [3.05, 3.63) is 34.8 Å². The first-order chi connectivity index (χ1) is 8.08. The fourth-order valence-electron chi connectivity index (χ4n) is 1.43. The first-order valence-electron chi connectivity index (χ1n) is 5.20. The summed E-state index contributed by atoms with van der Waals surface area (Å²) in [5.41, 5.74) is 2.72. The molecule has 0 aliphatic rings. The number of aromatic amines is 1. The van der Waals surface area contributed by atoms with Crippen LogP contribution in [0, 0.1) is 20.8 Å². The average Bonchev–Trinajstić information content (AvgIpc) is 2.68. The first kappa shape index (κ1) is 11.3. The second-order valence-electron chi connectivity index (χ2n) is 3.87. The largest absolute Gasteiger partial charge is 0.307 e. The molecule has 0 spiro atoms. The molecule has 0 saturated carbocycles. The van der Waals surface area contributed by atoms with Crippen molar-refractivity contribution in [3.63, 3.8) is 0 Å². The molecule has 0 aromatic carbocycles. The molecule has 6 heteroatoms. The van der Waals surface area contributed by atoms with E-state index in [1.165, 1.54) is 0 Å². The molecule has 0 atom stereocenters. The van der Waals surface area contributed by atoms with Gasteiger partial charge < -0.3 is 5.32 Å². The van der Waals surface area contributed by atoms with Crippen molar-refractivity contribution in [3.8, 4) is 0 Å². The predicted molar refractivity (Wildman–Crippen MR) is 62.8 cm³/mol. The molecule has 2 aromatic heterocycles. The van der Waals surface area contributed by atoms with Gasteiger partial charge in [0.15, 0.2) is 0 Å². The summed E-state index contributed by atoms with van der Waals surface area (Å²) in [6, 6.07) is 1.71. The highest BCUT2D eigenvalue weighted by Crippen LogP contribution is 2.12. The zero-order chi connectivity index (χ0) is 12.4. The SMILES string of the molecule is Cc1cc(C(=O)Nc2[nH]ncc2C)c(C)nn1. The summed E-state index contributed by atoms with van der Waals surface area (Å²) in [4.78, 5) is 12.0. The fraction of sp³-hybridized carbons (Fsp3) is 0.273. The van der Waals surface area contributed by atoms with Crippen molar-refractivity contribution in [1.29, 1.82) is 0 Å². The highest BCUT2D eigenvalue weighted by atomic mass is 16.1. The lowest BCUT2D eigenvalue weighted by Gasteiger charge is -2.06. The van der Waals surface area contributed by atoms with Gasteiger partial charge in [-0.15, -0.1) is 0 Å². The summed E-state index contributed by atoms with van der Waals surface area (Å²) in [6.45, 7) is 5.41. The fourth-order valence-corrected chi connectivity index (χ4v) is 1.43. The molecule has 2 N–H and O–H groups in total. The topological polar surface area (TPSA) is 83.6 Å². The lowest BCUT2D eigenvalue weighted by Crippen LogP contribution is -2.15. The Morgan fingerprint density at radius 2 is 2.06 bits per heavy atom. The Kier molecular flexibility index (Phi) is 2.86. The van der Waals surface area contributed by atoms with Crippen molar-refractivity contribution in [1.82, 2.24) is 20.4 Å². The van der Waals surface area contributed by atoms with Gasteiger partial charge in [-0.2, -0.15) is 15.3 Å². The van der Waals surface area contributed by atoms with Crippen LogP contribution in [0.5, 0.6) is 0 Å². The number of carbonyl (C=O) groups excluding carboxylic acids is 1. The van der Waals surface area contributed by atoms with Gasteiger partial charge in [0.2, 0.25) is 0 Å². The number of H-pyrrole nitrogens is 1. The standard InChI is InChI=1S/C11H13N5O/c1-6-5-12-16-10(6)13-11(17)9-4-7(2)14-15-8(9)3/h4-5H,1-3H3,(H2,12,13,16,17). The summed E-state index contributed by atoms with van der Waals surface area (Å²) in [5, 5.41) is 17.1. The van der Waals surface area contributed by atoms with Gasteiger partial charge in [0.25, 0.3) is 5.91 Å². The van der Waals surface area contributed by atoms with E-state index in [1.807, 2.05) is 6.92 Å². The third kappa shape index (κ3) is 2.30. The van der Waals surface area contributed by atoms with Crippen LogP contribution in [0.3, 0.4) is 0 Å². The molecule has 88 valence electrons. The van der Waals surface area contributed by atoms with Gasteiger partial charge in [-0.1, -0.05) is 0 Å². The second kappa shape index (κ2) is 4.32. The van der Waals surface area contributed by atoms with Crippen LogP contribution in [0.25, 0.3) is 0 Å². The van der Waals surface area contributed by atoms with Gasteiger partial charge >= 0.3 is 0 Å². The first-order valence-corrected chi connectivity index (χ1v) is 5.20. The van der Waals surface area contributed by atoms with Crippen LogP contribution in [0.4, 0.5) is 5.82 Å². The number of amides is 1. The predicted octanol–water partition coefficient (Wildman–Crippen LogP) is 1.38. The minimum absolute atomic E-state index is 0.215. The quantitative estimate of drug-likeness (QED) is 0.817. The molecule has 0 aliphatic heterocycles. The van der Waals surface area contributed by atoms with Gasteiger partial charge in [0, 0.05) is 5.56 Å². The maximum Gasteiger partial charge on any atom is 0.258 e. The average molecular weight is 231 g/mol. The van der Waals surface area contributed by atoms with Gasteiger partial charge in [0.05, 0.1) is 23.1 Å².